The maximum atomic E-state index is 12.7. The van der Waals surface area contributed by atoms with Crippen LogP contribution in [0.4, 0.5) is 5.69 Å². The van der Waals surface area contributed by atoms with E-state index in [1.165, 1.54) is 4.90 Å². The molecule has 0 radical (unpaired) electrons. The molecule has 1 aromatic rings. The number of carbonyl (C=O) groups is 3. The minimum Gasteiger partial charge on any atom is -0.367 e. The van der Waals surface area contributed by atoms with E-state index in [0.29, 0.717) is 31.2 Å². The Bertz CT molecular complexity index is 767. The molecule has 1 saturated carbocycles. The number of hydrogen-bond donors (Lipinski definition) is 0. The van der Waals surface area contributed by atoms with Crippen LogP contribution in [0.15, 0.2) is 24.3 Å². The Morgan fingerprint density at radius 3 is 2.37 bits per heavy atom. The van der Waals surface area contributed by atoms with E-state index in [2.05, 4.69) is 4.90 Å². The molecule has 2 aliphatic heterocycles. The highest BCUT2D eigenvalue weighted by atomic mass is 35.5. The van der Waals surface area contributed by atoms with E-state index in [4.69, 9.17) is 11.6 Å². The van der Waals surface area contributed by atoms with Crippen LogP contribution in [0.1, 0.15) is 32.1 Å². The Balaban J connectivity index is 1.35. The van der Waals surface area contributed by atoms with Crippen molar-refractivity contribution in [2.75, 3.05) is 37.6 Å². The number of likely N-dealkylation sites (tertiary alicyclic amines) is 1. The molecule has 7 heteroatoms. The highest BCUT2D eigenvalue weighted by Gasteiger charge is 2.53. The Morgan fingerprint density at radius 2 is 1.70 bits per heavy atom. The molecule has 3 aliphatic rings. The molecule has 3 fully saturated rings. The number of piperazine rings is 1. The van der Waals surface area contributed by atoms with Crippen molar-refractivity contribution in [2.24, 2.45) is 5.41 Å². The molecule has 6 nitrogen and oxygen atoms in total. The zero-order valence-corrected chi connectivity index (χ0v) is 16.1. The summed E-state index contributed by atoms with van der Waals surface area (Å²) in [5.74, 6) is -0.469. The van der Waals surface area contributed by atoms with E-state index in [1.807, 2.05) is 24.3 Å². The number of amides is 3. The van der Waals surface area contributed by atoms with E-state index >= 15 is 0 Å². The van der Waals surface area contributed by atoms with Crippen LogP contribution in [0.2, 0.25) is 5.02 Å². The van der Waals surface area contributed by atoms with Gasteiger partial charge in [0, 0.05) is 32.6 Å². The summed E-state index contributed by atoms with van der Waals surface area (Å²) in [5.41, 5.74) is 0.458. The van der Waals surface area contributed by atoms with Gasteiger partial charge in [-0.05, 0) is 25.0 Å². The van der Waals surface area contributed by atoms with E-state index < -0.39 is 5.41 Å². The molecule has 1 spiro atoms. The molecule has 0 aromatic heterocycles. The zero-order chi connectivity index (χ0) is 19.0. The molecule has 4 rings (SSSR count). The van der Waals surface area contributed by atoms with Gasteiger partial charge in [-0.25, -0.2) is 0 Å². The standard InChI is InChI=1S/C20H24ClN3O3/c21-15-5-1-2-6-16(15)22-9-11-23(12-10-22)18(26)14-24-17(25)13-20(19(24)27)7-3-4-8-20/h1-2,5-6H,3-4,7-14H2. The summed E-state index contributed by atoms with van der Waals surface area (Å²) in [5, 5.41) is 0.701. The third-order valence-electron chi connectivity index (χ3n) is 6.17. The summed E-state index contributed by atoms with van der Waals surface area (Å²) in [7, 11) is 0. The molecule has 0 N–H and O–H groups in total. The van der Waals surface area contributed by atoms with E-state index in [1.54, 1.807) is 4.90 Å². The van der Waals surface area contributed by atoms with Crippen LogP contribution in [0, 0.1) is 5.41 Å². The maximum Gasteiger partial charge on any atom is 0.242 e. The molecule has 2 saturated heterocycles. The second-order valence-electron chi connectivity index (χ2n) is 7.77. The summed E-state index contributed by atoms with van der Waals surface area (Å²) >= 11 is 6.26. The van der Waals surface area contributed by atoms with Gasteiger partial charge in [0.2, 0.25) is 17.7 Å². The number of imide groups is 1. The second-order valence-corrected chi connectivity index (χ2v) is 8.18. The first-order valence-electron chi connectivity index (χ1n) is 9.62. The Labute approximate surface area is 164 Å². The van der Waals surface area contributed by atoms with Crippen molar-refractivity contribution in [3.8, 4) is 0 Å². The molecule has 0 bridgehead atoms. The summed E-state index contributed by atoms with van der Waals surface area (Å²) < 4.78 is 0. The fourth-order valence-electron chi connectivity index (χ4n) is 4.60. The molecular weight excluding hydrogens is 366 g/mol. The smallest absolute Gasteiger partial charge is 0.242 e. The number of nitrogens with zero attached hydrogens (tertiary/aromatic N) is 3. The van der Waals surface area contributed by atoms with Crippen molar-refractivity contribution in [2.45, 2.75) is 32.1 Å². The lowest BCUT2D eigenvalue weighted by molar-refractivity contribution is -0.147. The van der Waals surface area contributed by atoms with Gasteiger partial charge in [-0.2, -0.15) is 0 Å². The predicted molar refractivity (Wildman–Crippen MR) is 102 cm³/mol. The van der Waals surface area contributed by atoms with Gasteiger partial charge in [0.05, 0.1) is 16.1 Å². The molecule has 2 heterocycles. The minimum atomic E-state index is -0.514. The first kappa shape index (κ1) is 18.3. The minimum absolute atomic E-state index is 0.120. The van der Waals surface area contributed by atoms with Crippen molar-refractivity contribution in [1.82, 2.24) is 9.80 Å². The first-order valence-corrected chi connectivity index (χ1v) is 10.0. The van der Waals surface area contributed by atoms with Crippen molar-refractivity contribution in [3.63, 3.8) is 0 Å². The summed E-state index contributed by atoms with van der Waals surface area (Å²) in [6, 6.07) is 7.68. The normalized spacial score (nSPS) is 22.2. The quantitative estimate of drug-likeness (QED) is 0.744. The summed E-state index contributed by atoms with van der Waals surface area (Å²) in [6.45, 7) is 2.37. The van der Waals surface area contributed by atoms with Gasteiger partial charge in [-0.1, -0.05) is 36.6 Å². The Kier molecular flexibility index (Phi) is 4.84. The number of anilines is 1. The van der Waals surface area contributed by atoms with Crippen LogP contribution in [0.3, 0.4) is 0 Å². The average molecular weight is 390 g/mol. The number of para-hydroxylation sites is 1. The number of hydrogen-bond acceptors (Lipinski definition) is 4. The lowest BCUT2D eigenvalue weighted by Gasteiger charge is -2.37. The second kappa shape index (κ2) is 7.15. The van der Waals surface area contributed by atoms with Crippen molar-refractivity contribution >= 4 is 35.0 Å². The van der Waals surface area contributed by atoms with Crippen molar-refractivity contribution in [1.29, 1.82) is 0 Å². The predicted octanol–water partition coefficient (Wildman–Crippen LogP) is 2.31. The molecule has 0 atom stereocenters. The topological polar surface area (TPSA) is 60.9 Å². The van der Waals surface area contributed by atoms with Crippen LogP contribution < -0.4 is 4.90 Å². The molecular formula is C20H24ClN3O3. The van der Waals surface area contributed by atoms with Gasteiger partial charge >= 0.3 is 0 Å². The zero-order valence-electron chi connectivity index (χ0n) is 15.3. The molecule has 3 amide bonds. The van der Waals surface area contributed by atoms with Crippen molar-refractivity contribution < 1.29 is 14.4 Å². The average Bonchev–Trinajstić information content (AvgIpc) is 3.23. The fourth-order valence-corrected chi connectivity index (χ4v) is 4.86. The maximum absolute atomic E-state index is 12.7. The van der Waals surface area contributed by atoms with Gasteiger partial charge in [-0.3, -0.25) is 19.3 Å². The third kappa shape index (κ3) is 3.31. The van der Waals surface area contributed by atoms with Crippen LogP contribution in [0.5, 0.6) is 0 Å². The molecule has 0 unspecified atom stereocenters. The number of rotatable bonds is 3. The molecule has 27 heavy (non-hydrogen) atoms. The first-order chi connectivity index (χ1) is 13.0. The Morgan fingerprint density at radius 1 is 1.04 bits per heavy atom. The van der Waals surface area contributed by atoms with Crippen LogP contribution >= 0.6 is 11.6 Å². The third-order valence-corrected chi connectivity index (χ3v) is 6.49. The van der Waals surface area contributed by atoms with Gasteiger partial charge < -0.3 is 9.80 Å². The SMILES string of the molecule is O=C(CN1C(=O)CC2(CCCC2)C1=O)N1CCN(c2ccccc2Cl)CC1. The van der Waals surface area contributed by atoms with Gasteiger partial charge in [0.25, 0.3) is 0 Å². The number of carbonyl (C=O) groups excluding carboxylic acids is 3. The largest absolute Gasteiger partial charge is 0.367 e. The Hall–Kier alpha value is -2.08. The van der Waals surface area contributed by atoms with E-state index in [9.17, 15) is 14.4 Å². The van der Waals surface area contributed by atoms with Gasteiger partial charge in [0.1, 0.15) is 6.54 Å². The van der Waals surface area contributed by atoms with Crippen LogP contribution in [0.25, 0.3) is 0 Å². The van der Waals surface area contributed by atoms with Gasteiger partial charge in [0.15, 0.2) is 0 Å². The molecule has 1 aliphatic carbocycles. The molecule has 1 aromatic carbocycles. The lowest BCUT2D eigenvalue weighted by atomic mass is 9.84. The van der Waals surface area contributed by atoms with E-state index in [-0.39, 0.29) is 30.7 Å². The highest BCUT2D eigenvalue weighted by molar-refractivity contribution is 6.33. The number of halogens is 1. The van der Waals surface area contributed by atoms with Crippen LogP contribution in [-0.4, -0.2) is 60.2 Å². The van der Waals surface area contributed by atoms with Gasteiger partial charge in [-0.15, -0.1) is 0 Å². The highest BCUT2D eigenvalue weighted by Crippen LogP contribution is 2.46. The van der Waals surface area contributed by atoms with Crippen molar-refractivity contribution in [3.05, 3.63) is 29.3 Å². The monoisotopic (exact) mass is 389 g/mol. The number of benzene rings is 1. The summed E-state index contributed by atoms with van der Waals surface area (Å²) in [6.07, 6.45) is 3.81. The lowest BCUT2D eigenvalue weighted by Crippen LogP contribution is -2.52. The summed E-state index contributed by atoms with van der Waals surface area (Å²) in [4.78, 5) is 42.9. The van der Waals surface area contributed by atoms with Crippen LogP contribution in [-0.2, 0) is 14.4 Å². The molecule has 144 valence electrons. The van der Waals surface area contributed by atoms with E-state index in [0.717, 1.165) is 31.4 Å². The fraction of sp³-hybridized carbons (Fsp3) is 0.550.